The van der Waals surface area contributed by atoms with Crippen LogP contribution in [0.15, 0.2) is 0 Å². The van der Waals surface area contributed by atoms with Gasteiger partial charge in [0.15, 0.2) is 0 Å². The normalized spacial score (nSPS) is 7.00. The molecule has 0 amide bonds. The van der Waals surface area contributed by atoms with Gasteiger partial charge in [0, 0.05) is 6.42 Å². The average molecular weight is 114 g/mol. The summed E-state index contributed by atoms with van der Waals surface area (Å²) in [5.41, 5.74) is 0. The maximum absolute atomic E-state index is 9.60. The molecule has 1 N–H and O–H groups in total. The standard InChI is InChI=1S/C4H8O2.Mg.2H/c1-2-3-4(5)6;;;/h2-3H2,1H3,(H,5,6);;;/q;+2;2*-1. The molecular weight excluding hydrogens is 104 g/mol. The van der Waals surface area contributed by atoms with Gasteiger partial charge in [-0.1, -0.05) is 6.92 Å². The molecule has 0 spiro atoms. The molecule has 0 saturated heterocycles. The summed E-state index contributed by atoms with van der Waals surface area (Å²) in [5.74, 6) is -0.711. The van der Waals surface area contributed by atoms with Crippen molar-refractivity contribution in [3.05, 3.63) is 0 Å². The molecule has 3 heteroatoms. The van der Waals surface area contributed by atoms with Crippen LogP contribution in [-0.2, 0) is 4.79 Å². The molecule has 0 aliphatic rings. The summed E-state index contributed by atoms with van der Waals surface area (Å²) in [4.78, 5) is 9.60. The average Bonchev–Trinajstić information content (AvgIpc) is 1.35. The summed E-state index contributed by atoms with van der Waals surface area (Å²) < 4.78 is 0. The Morgan fingerprint density at radius 2 is 2.29 bits per heavy atom. The monoisotopic (exact) mass is 114 g/mol. The van der Waals surface area contributed by atoms with E-state index in [4.69, 9.17) is 5.11 Å². The molecule has 0 heterocycles. The van der Waals surface area contributed by atoms with Crippen LogP contribution in [-0.4, -0.2) is 34.1 Å². The summed E-state index contributed by atoms with van der Waals surface area (Å²) in [6.45, 7) is 1.84. The van der Waals surface area contributed by atoms with E-state index in [0.717, 1.165) is 6.42 Å². The van der Waals surface area contributed by atoms with Gasteiger partial charge in [-0.25, -0.2) is 0 Å². The number of carboxylic acids is 1. The van der Waals surface area contributed by atoms with Gasteiger partial charge in [-0.3, -0.25) is 4.79 Å². The van der Waals surface area contributed by atoms with E-state index in [2.05, 4.69) is 0 Å². The molecule has 0 unspecified atom stereocenters. The van der Waals surface area contributed by atoms with E-state index >= 15 is 0 Å². The smallest absolute Gasteiger partial charge is 1.00 e. The first kappa shape index (κ1) is 10.3. The number of hydrogen-bond acceptors (Lipinski definition) is 1. The van der Waals surface area contributed by atoms with Crippen molar-refractivity contribution in [3.63, 3.8) is 0 Å². The molecule has 0 aliphatic heterocycles. The molecule has 0 rings (SSSR count). The van der Waals surface area contributed by atoms with Gasteiger partial charge in [0.2, 0.25) is 0 Å². The second kappa shape index (κ2) is 6.24. The molecule has 0 aromatic heterocycles. The summed E-state index contributed by atoms with van der Waals surface area (Å²) in [7, 11) is 0. The summed E-state index contributed by atoms with van der Waals surface area (Å²) in [5, 5.41) is 7.91. The van der Waals surface area contributed by atoms with E-state index in [1.54, 1.807) is 0 Å². The van der Waals surface area contributed by atoms with Gasteiger partial charge in [-0.05, 0) is 6.42 Å². The zero-order valence-electron chi connectivity index (χ0n) is 6.48. The minimum atomic E-state index is -0.711. The maximum Gasteiger partial charge on any atom is 2.00 e. The third-order valence-electron chi connectivity index (χ3n) is 0.464. The molecule has 7 heavy (non-hydrogen) atoms. The van der Waals surface area contributed by atoms with Crippen LogP contribution < -0.4 is 0 Å². The summed E-state index contributed by atoms with van der Waals surface area (Å²) >= 11 is 0. The SMILES string of the molecule is CCCC(=O)O.[H-].[H-].[Mg+2]. The molecule has 2 nitrogen and oxygen atoms in total. The van der Waals surface area contributed by atoms with Crippen molar-refractivity contribution in [2.75, 3.05) is 0 Å². The van der Waals surface area contributed by atoms with Crippen molar-refractivity contribution in [2.24, 2.45) is 0 Å². The fourth-order valence-electron chi connectivity index (χ4n) is 0.214. The maximum atomic E-state index is 9.60. The molecule has 40 valence electrons. The first-order valence-electron chi connectivity index (χ1n) is 1.99. The predicted molar refractivity (Wildman–Crippen MR) is 30.5 cm³/mol. The van der Waals surface area contributed by atoms with Crippen LogP contribution in [0.25, 0.3) is 0 Å². The number of carboxylic acid groups (broad SMARTS) is 1. The molecule has 0 fully saturated rings. The van der Waals surface area contributed by atoms with Crippen LogP contribution in [0.3, 0.4) is 0 Å². The predicted octanol–water partition coefficient (Wildman–Crippen LogP) is 0.715. The number of hydrogen-bond donors (Lipinski definition) is 1. The van der Waals surface area contributed by atoms with E-state index in [0.29, 0.717) is 6.42 Å². The van der Waals surface area contributed by atoms with E-state index in [1.807, 2.05) is 6.92 Å². The number of aliphatic carboxylic acids is 1. The Labute approximate surface area is 62.0 Å². The Bertz CT molecular complexity index is 60.5. The molecule has 0 aromatic carbocycles. The van der Waals surface area contributed by atoms with Crippen molar-refractivity contribution in [2.45, 2.75) is 19.8 Å². The van der Waals surface area contributed by atoms with Gasteiger partial charge < -0.3 is 7.96 Å². The third-order valence-corrected chi connectivity index (χ3v) is 0.464. The van der Waals surface area contributed by atoms with Gasteiger partial charge in [0.25, 0.3) is 0 Å². The van der Waals surface area contributed by atoms with Crippen molar-refractivity contribution >= 4 is 29.0 Å². The van der Waals surface area contributed by atoms with Gasteiger partial charge in [0.1, 0.15) is 0 Å². The van der Waals surface area contributed by atoms with E-state index < -0.39 is 5.97 Å². The van der Waals surface area contributed by atoms with Crippen molar-refractivity contribution in [3.8, 4) is 0 Å². The van der Waals surface area contributed by atoms with E-state index in [1.165, 1.54) is 0 Å². The van der Waals surface area contributed by atoms with Crippen LogP contribution in [0.1, 0.15) is 22.6 Å². The van der Waals surface area contributed by atoms with Crippen LogP contribution in [0.4, 0.5) is 0 Å². The Kier molecular flexibility index (Phi) is 9.14. The number of carbonyl (C=O) groups is 1. The minimum absolute atomic E-state index is 0. The van der Waals surface area contributed by atoms with Crippen LogP contribution in [0, 0.1) is 0 Å². The molecule has 0 saturated carbocycles. The fourth-order valence-corrected chi connectivity index (χ4v) is 0.214. The quantitative estimate of drug-likeness (QED) is 0.537. The third kappa shape index (κ3) is 10.7. The second-order valence-corrected chi connectivity index (χ2v) is 1.14. The Morgan fingerprint density at radius 3 is 2.29 bits per heavy atom. The molecular formula is C4H10MgO2. The van der Waals surface area contributed by atoms with E-state index in [-0.39, 0.29) is 25.9 Å². The summed E-state index contributed by atoms with van der Waals surface area (Å²) in [6, 6.07) is 0. The first-order chi connectivity index (χ1) is 2.77. The molecule has 0 aliphatic carbocycles. The molecule has 0 aromatic rings. The van der Waals surface area contributed by atoms with Gasteiger partial charge in [0.05, 0.1) is 0 Å². The molecule has 0 atom stereocenters. The second-order valence-electron chi connectivity index (χ2n) is 1.14. The zero-order valence-corrected chi connectivity index (χ0v) is 5.89. The van der Waals surface area contributed by atoms with Crippen molar-refractivity contribution < 1.29 is 12.8 Å². The number of rotatable bonds is 2. The minimum Gasteiger partial charge on any atom is -1.00 e. The molecule has 0 bridgehead atoms. The van der Waals surface area contributed by atoms with E-state index in [9.17, 15) is 4.79 Å². The largest absolute Gasteiger partial charge is 2.00 e. The van der Waals surface area contributed by atoms with Gasteiger partial charge in [-0.15, -0.1) is 0 Å². The van der Waals surface area contributed by atoms with Gasteiger partial charge in [-0.2, -0.15) is 0 Å². The first-order valence-corrected chi connectivity index (χ1v) is 1.99. The summed E-state index contributed by atoms with van der Waals surface area (Å²) in [6.07, 6.45) is 1.02. The fraction of sp³-hybridized carbons (Fsp3) is 0.750. The zero-order chi connectivity index (χ0) is 4.99. The topological polar surface area (TPSA) is 37.3 Å². The Hall–Kier alpha value is 0.236. The van der Waals surface area contributed by atoms with Crippen molar-refractivity contribution in [1.29, 1.82) is 0 Å². The van der Waals surface area contributed by atoms with Crippen molar-refractivity contribution in [1.82, 2.24) is 0 Å². The molecule has 0 radical (unpaired) electrons. The van der Waals surface area contributed by atoms with Crippen LogP contribution in [0.5, 0.6) is 0 Å². The van der Waals surface area contributed by atoms with Crippen LogP contribution in [0.2, 0.25) is 0 Å². The Morgan fingerprint density at radius 1 is 1.86 bits per heavy atom. The Balaban J connectivity index is -0.0000000417. The van der Waals surface area contributed by atoms with Crippen LogP contribution >= 0.6 is 0 Å². The van der Waals surface area contributed by atoms with Gasteiger partial charge >= 0.3 is 29.0 Å².